The van der Waals surface area contributed by atoms with Crippen LogP contribution in [-0.2, 0) is 0 Å². The molecule has 33 heavy (non-hydrogen) atoms. The zero-order valence-electron chi connectivity index (χ0n) is 18.9. The van der Waals surface area contributed by atoms with Gasteiger partial charge in [0, 0.05) is 17.5 Å². The average Bonchev–Trinajstić information content (AvgIpc) is 3.54. The summed E-state index contributed by atoms with van der Waals surface area (Å²) in [6, 6.07) is 11.0. The Balaban J connectivity index is 1.19. The highest BCUT2D eigenvalue weighted by atomic mass is 16.5. The van der Waals surface area contributed by atoms with Crippen molar-refractivity contribution in [3.05, 3.63) is 47.5 Å². The summed E-state index contributed by atoms with van der Waals surface area (Å²) in [4.78, 5) is 12.6. The number of phenols is 1. The monoisotopic (exact) mass is 450 g/mol. The highest BCUT2D eigenvalue weighted by molar-refractivity contribution is 5.99. The fraction of sp³-hybridized carbons (Fsp3) is 0.440. The van der Waals surface area contributed by atoms with Crippen LogP contribution in [0.25, 0.3) is 11.4 Å². The maximum Gasteiger partial charge on any atom is 0.204 e. The summed E-state index contributed by atoms with van der Waals surface area (Å²) in [7, 11) is 0. The summed E-state index contributed by atoms with van der Waals surface area (Å²) in [6.07, 6.45) is 6.79. The van der Waals surface area contributed by atoms with Crippen LogP contribution >= 0.6 is 0 Å². The lowest BCUT2D eigenvalue weighted by Crippen LogP contribution is -2.08. The number of tetrazole rings is 1. The largest absolute Gasteiger partial charge is 0.507 e. The van der Waals surface area contributed by atoms with Gasteiger partial charge in [0.05, 0.1) is 18.8 Å². The Morgan fingerprint density at radius 3 is 2.48 bits per heavy atom. The fourth-order valence-corrected chi connectivity index (χ4v) is 4.21. The standard InChI is InChI=1S/C25H30N4O4/c1-17-23(13-12-21(24(17)31)22(30)16-18-6-2-3-7-18)33-15-5-4-14-32-20-10-8-19(9-11-20)25-26-28-29-27-25/h8-13,18,31H,2-7,14-16H2,1H3,(H,26,27,28,29). The number of unbranched alkanes of at least 4 members (excludes halogenated alkanes) is 1. The lowest BCUT2D eigenvalue weighted by atomic mass is 9.95. The molecule has 1 aromatic heterocycles. The molecule has 1 fully saturated rings. The molecule has 3 aromatic rings. The first-order valence-electron chi connectivity index (χ1n) is 11.6. The van der Waals surface area contributed by atoms with Crippen LogP contribution in [0.3, 0.4) is 0 Å². The minimum absolute atomic E-state index is 0.0246. The summed E-state index contributed by atoms with van der Waals surface area (Å²) >= 11 is 0. The van der Waals surface area contributed by atoms with Gasteiger partial charge in [-0.05, 0) is 67.3 Å². The molecule has 1 aliphatic carbocycles. The Morgan fingerprint density at radius 1 is 1.06 bits per heavy atom. The van der Waals surface area contributed by atoms with Gasteiger partial charge in [-0.3, -0.25) is 4.79 Å². The third kappa shape index (κ3) is 5.88. The first-order chi connectivity index (χ1) is 16.1. The van der Waals surface area contributed by atoms with E-state index in [1.807, 2.05) is 24.3 Å². The van der Waals surface area contributed by atoms with Crippen molar-refractivity contribution in [3.8, 4) is 28.6 Å². The van der Waals surface area contributed by atoms with E-state index in [2.05, 4.69) is 20.6 Å². The number of carbonyl (C=O) groups is 1. The van der Waals surface area contributed by atoms with Gasteiger partial charge in [-0.25, -0.2) is 0 Å². The molecule has 2 N–H and O–H groups in total. The van der Waals surface area contributed by atoms with Crippen LogP contribution in [0, 0.1) is 12.8 Å². The van der Waals surface area contributed by atoms with Crippen LogP contribution in [0.15, 0.2) is 36.4 Å². The van der Waals surface area contributed by atoms with E-state index in [9.17, 15) is 9.90 Å². The molecule has 0 bridgehead atoms. The number of ether oxygens (including phenoxy) is 2. The van der Waals surface area contributed by atoms with Crippen molar-refractivity contribution in [1.82, 2.24) is 20.6 Å². The molecule has 0 saturated heterocycles. The van der Waals surface area contributed by atoms with Gasteiger partial charge in [0.2, 0.25) is 5.82 Å². The second kappa shape index (κ2) is 10.9. The molecular weight excluding hydrogens is 420 g/mol. The Bertz CT molecular complexity index is 1050. The Kier molecular flexibility index (Phi) is 7.55. The molecule has 0 amide bonds. The van der Waals surface area contributed by atoms with E-state index >= 15 is 0 Å². The van der Waals surface area contributed by atoms with E-state index in [1.54, 1.807) is 19.1 Å². The highest BCUT2D eigenvalue weighted by Gasteiger charge is 2.22. The average molecular weight is 451 g/mol. The van der Waals surface area contributed by atoms with E-state index in [-0.39, 0.29) is 11.5 Å². The van der Waals surface area contributed by atoms with E-state index in [0.717, 1.165) is 37.0 Å². The normalized spacial score (nSPS) is 13.8. The molecule has 8 nitrogen and oxygen atoms in total. The van der Waals surface area contributed by atoms with Crippen molar-refractivity contribution in [3.63, 3.8) is 0 Å². The van der Waals surface area contributed by atoms with Gasteiger partial charge in [-0.1, -0.05) is 25.7 Å². The SMILES string of the molecule is Cc1c(OCCCCOc2ccc(-c3nn[nH]n3)cc2)ccc(C(=O)CC2CCCC2)c1O. The van der Waals surface area contributed by atoms with E-state index in [1.165, 1.54) is 12.8 Å². The van der Waals surface area contributed by atoms with Gasteiger partial charge in [0.1, 0.15) is 17.2 Å². The number of carbonyl (C=O) groups excluding carboxylic acids is 1. The van der Waals surface area contributed by atoms with Crippen LogP contribution in [0.4, 0.5) is 0 Å². The van der Waals surface area contributed by atoms with E-state index in [0.29, 0.717) is 48.3 Å². The van der Waals surface area contributed by atoms with Crippen molar-refractivity contribution >= 4 is 5.78 Å². The number of nitrogens with zero attached hydrogens (tertiary/aromatic N) is 3. The maximum atomic E-state index is 12.6. The van der Waals surface area contributed by atoms with Crippen molar-refractivity contribution in [2.75, 3.05) is 13.2 Å². The van der Waals surface area contributed by atoms with Crippen LogP contribution in [-0.4, -0.2) is 44.7 Å². The molecule has 2 aromatic carbocycles. The van der Waals surface area contributed by atoms with Crippen LogP contribution in [0.2, 0.25) is 0 Å². The summed E-state index contributed by atoms with van der Waals surface area (Å²) < 4.78 is 11.6. The first-order valence-corrected chi connectivity index (χ1v) is 11.6. The summed E-state index contributed by atoms with van der Waals surface area (Å²) in [5, 5.41) is 24.4. The first kappa shape index (κ1) is 22.8. The summed E-state index contributed by atoms with van der Waals surface area (Å²) in [5.41, 5.74) is 1.89. The molecule has 174 valence electrons. The van der Waals surface area contributed by atoms with Gasteiger partial charge in [-0.15, -0.1) is 10.2 Å². The van der Waals surface area contributed by atoms with Gasteiger partial charge in [0.15, 0.2) is 5.78 Å². The fourth-order valence-electron chi connectivity index (χ4n) is 4.21. The van der Waals surface area contributed by atoms with Crippen molar-refractivity contribution in [1.29, 1.82) is 0 Å². The lowest BCUT2D eigenvalue weighted by Gasteiger charge is -2.14. The molecule has 0 radical (unpaired) electrons. The number of aromatic hydroxyl groups is 1. The molecule has 1 saturated carbocycles. The number of rotatable bonds is 11. The number of hydrogen-bond donors (Lipinski definition) is 2. The van der Waals surface area contributed by atoms with Crippen molar-refractivity contribution in [2.45, 2.75) is 51.9 Å². The highest BCUT2D eigenvalue weighted by Crippen LogP contribution is 2.34. The summed E-state index contributed by atoms with van der Waals surface area (Å²) in [5.74, 6) is 2.47. The van der Waals surface area contributed by atoms with Gasteiger partial charge in [0.25, 0.3) is 0 Å². The number of nitrogens with one attached hydrogen (secondary N) is 1. The number of aromatic nitrogens is 4. The minimum atomic E-state index is 0.0246. The zero-order chi connectivity index (χ0) is 23.0. The topological polar surface area (TPSA) is 110 Å². The molecule has 1 heterocycles. The predicted octanol–water partition coefficient (Wildman–Crippen LogP) is 4.88. The number of ketones is 1. The van der Waals surface area contributed by atoms with Crippen LogP contribution < -0.4 is 9.47 Å². The van der Waals surface area contributed by atoms with Gasteiger partial charge < -0.3 is 14.6 Å². The number of benzene rings is 2. The lowest BCUT2D eigenvalue weighted by molar-refractivity contribution is 0.0959. The number of phenolic OH excluding ortho intramolecular Hbond substituents is 1. The maximum absolute atomic E-state index is 12.6. The molecular formula is C25H30N4O4. The third-order valence-electron chi connectivity index (χ3n) is 6.15. The smallest absolute Gasteiger partial charge is 0.204 e. The number of aromatic amines is 1. The zero-order valence-corrected chi connectivity index (χ0v) is 18.9. The minimum Gasteiger partial charge on any atom is -0.507 e. The number of Topliss-reactive ketones (excluding diaryl/α,β-unsaturated/α-hetero) is 1. The third-order valence-corrected chi connectivity index (χ3v) is 6.15. The number of hydrogen-bond acceptors (Lipinski definition) is 7. The second-order valence-corrected chi connectivity index (χ2v) is 8.53. The van der Waals surface area contributed by atoms with Crippen molar-refractivity contribution < 1.29 is 19.4 Å². The summed E-state index contributed by atoms with van der Waals surface area (Å²) in [6.45, 7) is 2.87. The Labute approximate surface area is 193 Å². The van der Waals surface area contributed by atoms with Crippen LogP contribution in [0.1, 0.15) is 60.9 Å². The molecule has 1 aliphatic rings. The van der Waals surface area contributed by atoms with E-state index < -0.39 is 0 Å². The quantitative estimate of drug-likeness (QED) is 0.316. The van der Waals surface area contributed by atoms with Crippen molar-refractivity contribution in [2.24, 2.45) is 5.92 Å². The van der Waals surface area contributed by atoms with E-state index in [4.69, 9.17) is 9.47 Å². The molecule has 0 atom stereocenters. The predicted molar refractivity (Wildman–Crippen MR) is 124 cm³/mol. The number of H-pyrrole nitrogens is 1. The second-order valence-electron chi connectivity index (χ2n) is 8.53. The molecule has 0 spiro atoms. The molecule has 8 heteroatoms. The molecule has 4 rings (SSSR count). The van der Waals surface area contributed by atoms with Gasteiger partial charge >= 0.3 is 0 Å². The molecule has 0 unspecified atom stereocenters. The molecule has 0 aliphatic heterocycles. The Hall–Kier alpha value is -3.42. The Morgan fingerprint density at radius 2 is 1.79 bits per heavy atom. The van der Waals surface area contributed by atoms with Crippen LogP contribution in [0.5, 0.6) is 17.2 Å². The van der Waals surface area contributed by atoms with Gasteiger partial charge in [-0.2, -0.15) is 5.21 Å².